The quantitative estimate of drug-likeness (QED) is 0.199. The molecule has 0 amide bonds. The summed E-state index contributed by atoms with van der Waals surface area (Å²) in [7, 11) is 6.13. The first kappa shape index (κ1) is 28.4. The predicted molar refractivity (Wildman–Crippen MR) is 154 cm³/mol. The molecule has 1 N–H and O–H groups in total. The van der Waals surface area contributed by atoms with Gasteiger partial charge in [0.1, 0.15) is 18.8 Å². The lowest BCUT2D eigenvalue weighted by molar-refractivity contribution is 0.133. The summed E-state index contributed by atoms with van der Waals surface area (Å²) < 4.78 is 34.8. The van der Waals surface area contributed by atoms with E-state index in [0.29, 0.717) is 58.8 Å². The SMILES string of the molecule is C=CC(O)(c1cc(OC)c(OCc2ccccc2)c(OC)c1)c1cc(OC)c(OCc2ccccc2)c(OC)c1. The maximum atomic E-state index is 12.0. The van der Waals surface area contributed by atoms with Crippen LogP contribution in [0.25, 0.3) is 0 Å². The van der Waals surface area contributed by atoms with Crippen LogP contribution in [-0.4, -0.2) is 33.5 Å². The molecular weight excluding hydrogens is 508 g/mol. The third kappa shape index (κ3) is 6.00. The van der Waals surface area contributed by atoms with Crippen molar-refractivity contribution in [1.29, 1.82) is 0 Å². The molecule has 0 saturated carbocycles. The van der Waals surface area contributed by atoms with Gasteiger partial charge in [-0.05, 0) is 46.5 Å². The number of ether oxygens (including phenoxy) is 6. The van der Waals surface area contributed by atoms with Crippen molar-refractivity contribution in [3.63, 3.8) is 0 Å². The smallest absolute Gasteiger partial charge is 0.203 e. The molecule has 0 unspecified atom stereocenters. The Bertz CT molecular complexity index is 1260. The minimum atomic E-state index is -1.67. The first-order chi connectivity index (χ1) is 19.5. The number of hydrogen-bond acceptors (Lipinski definition) is 7. The Labute approximate surface area is 235 Å². The Balaban J connectivity index is 1.72. The molecule has 0 aliphatic rings. The highest BCUT2D eigenvalue weighted by atomic mass is 16.5. The molecule has 208 valence electrons. The Morgan fingerprint density at radius 3 is 1.20 bits per heavy atom. The summed E-state index contributed by atoms with van der Waals surface area (Å²) >= 11 is 0. The lowest BCUT2D eigenvalue weighted by atomic mass is 9.85. The molecule has 0 fully saturated rings. The average Bonchev–Trinajstić information content (AvgIpc) is 3.02. The van der Waals surface area contributed by atoms with Crippen molar-refractivity contribution in [2.24, 2.45) is 0 Å². The Morgan fingerprint density at radius 1 is 0.600 bits per heavy atom. The minimum Gasteiger partial charge on any atom is -0.493 e. The van der Waals surface area contributed by atoms with Gasteiger partial charge >= 0.3 is 0 Å². The Morgan fingerprint density at radius 2 is 0.925 bits per heavy atom. The number of rotatable bonds is 13. The lowest BCUT2D eigenvalue weighted by Gasteiger charge is -2.28. The molecule has 7 heteroatoms. The van der Waals surface area contributed by atoms with Gasteiger partial charge in [0.25, 0.3) is 0 Å². The van der Waals surface area contributed by atoms with Gasteiger partial charge < -0.3 is 33.5 Å². The number of benzene rings is 4. The molecule has 7 nitrogen and oxygen atoms in total. The van der Waals surface area contributed by atoms with Crippen LogP contribution >= 0.6 is 0 Å². The topological polar surface area (TPSA) is 75.6 Å². The summed E-state index contributed by atoms with van der Waals surface area (Å²) in [6.45, 7) is 4.56. The zero-order valence-corrected chi connectivity index (χ0v) is 23.2. The van der Waals surface area contributed by atoms with Crippen LogP contribution in [0.1, 0.15) is 22.3 Å². The Hall–Kier alpha value is -4.62. The van der Waals surface area contributed by atoms with Crippen LogP contribution in [0.5, 0.6) is 34.5 Å². The third-order valence-corrected chi connectivity index (χ3v) is 6.55. The molecule has 0 bridgehead atoms. The molecule has 4 rings (SSSR count). The summed E-state index contributed by atoms with van der Waals surface area (Å²) in [6.07, 6.45) is 1.43. The van der Waals surface area contributed by atoms with Gasteiger partial charge in [0.15, 0.2) is 23.0 Å². The van der Waals surface area contributed by atoms with Gasteiger partial charge in [0.2, 0.25) is 11.5 Å². The van der Waals surface area contributed by atoms with E-state index < -0.39 is 5.60 Å². The van der Waals surface area contributed by atoms with E-state index in [4.69, 9.17) is 28.4 Å². The summed E-state index contributed by atoms with van der Waals surface area (Å²) in [6, 6.07) is 26.3. The van der Waals surface area contributed by atoms with Crippen LogP contribution in [-0.2, 0) is 18.8 Å². The van der Waals surface area contributed by atoms with Gasteiger partial charge in [-0.15, -0.1) is 0 Å². The molecule has 40 heavy (non-hydrogen) atoms. The second-order valence-electron chi connectivity index (χ2n) is 8.94. The van der Waals surface area contributed by atoms with Crippen LogP contribution in [0.2, 0.25) is 0 Å². The standard InChI is InChI=1S/C33H34O7/c1-6-33(34,25-17-27(35-2)31(28(18-25)36-3)39-21-23-13-9-7-10-14-23)26-19-29(37-4)32(30(20-26)38-5)40-22-24-15-11-8-12-16-24/h6-20,34H,1,21-22H2,2-5H3. The van der Waals surface area contributed by atoms with Crippen molar-refractivity contribution in [3.05, 3.63) is 120 Å². The molecule has 0 radical (unpaired) electrons. The van der Waals surface area contributed by atoms with Crippen molar-refractivity contribution < 1.29 is 33.5 Å². The maximum absolute atomic E-state index is 12.0. The third-order valence-electron chi connectivity index (χ3n) is 6.55. The van der Waals surface area contributed by atoms with Gasteiger partial charge in [-0.2, -0.15) is 0 Å². The molecule has 0 spiro atoms. The number of methoxy groups -OCH3 is 4. The molecule has 0 atom stereocenters. The van der Waals surface area contributed by atoms with Gasteiger partial charge in [-0.1, -0.05) is 73.3 Å². The second-order valence-corrected chi connectivity index (χ2v) is 8.94. The largest absolute Gasteiger partial charge is 0.493 e. The highest BCUT2D eigenvalue weighted by Crippen LogP contribution is 2.47. The van der Waals surface area contributed by atoms with Gasteiger partial charge in [-0.25, -0.2) is 0 Å². The van der Waals surface area contributed by atoms with Crippen LogP contribution in [0.3, 0.4) is 0 Å². The first-order valence-electron chi connectivity index (χ1n) is 12.7. The molecule has 0 aromatic heterocycles. The molecule has 0 aliphatic carbocycles. The fourth-order valence-corrected chi connectivity index (χ4v) is 4.35. The van der Waals surface area contributed by atoms with Crippen LogP contribution in [0, 0.1) is 0 Å². The average molecular weight is 543 g/mol. The van der Waals surface area contributed by atoms with Crippen molar-refractivity contribution in [1.82, 2.24) is 0 Å². The van der Waals surface area contributed by atoms with Gasteiger partial charge in [-0.3, -0.25) is 0 Å². The number of aliphatic hydroxyl groups is 1. The van der Waals surface area contributed by atoms with Crippen molar-refractivity contribution in [2.75, 3.05) is 28.4 Å². The molecule has 4 aromatic carbocycles. The van der Waals surface area contributed by atoms with Crippen LogP contribution < -0.4 is 28.4 Å². The molecule has 0 heterocycles. The van der Waals surface area contributed by atoms with E-state index in [-0.39, 0.29) is 0 Å². The molecule has 0 saturated heterocycles. The predicted octanol–water partition coefficient (Wildman–Crippen LogP) is 6.30. The fourth-order valence-electron chi connectivity index (χ4n) is 4.35. The van der Waals surface area contributed by atoms with Crippen LogP contribution in [0.4, 0.5) is 0 Å². The van der Waals surface area contributed by atoms with Crippen molar-refractivity contribution in [2.45, 2.75) is 18.8 Å². The number of hydrogen-bond donors (Lipinski definition) is 1. The molecule has 0 aliphatic heterocycles. The van der Waals surface area contributed by atoms with E-state index >= 15 is 0 Å². The fraction of sp³-hybridized carbons (Fsp3) is 0.212. The van der Waals surface area contributed by atoms with Crippen molar-refractivity contribution >= 4 is 0 Å². The summed E-state index contributed by atoms with van der Waals surface area (Å²) in [5.41, 5.74) is 1.21. The van der Waals surface area contributed by atoms with E-state index in [9.17, 15) is 5.11 Å². The minimum absolute atomic E-state index is 0.317. The van der Waals surface area contributed by atoms with Crippen LogP contribution in [0.15, 0.2) is 97.6 Å². The summed E-state index contributed by atoms with van der Waals surface area (Å²) in [4.78, 5) is 0. The normalized spacial score (nSPS) is 10.9. The van der Waals surface area contributed by atoms with Gasteiger partial charge in [0, 0.05) is 0 Å². The van der Waals surface area contributed by atoms with E-state index in [1.165, 1.54) is 34.5 Å². The zero-order chi connectivity index (χ0) is 28.5. The lowest BCUT2D eigenvalue weighted by Crippen LogP contribution is -2.25. The zero-order valence-electron chi connectivity index (χ0n) is 23.2. The van der Waals surface area contributed by atoms with E-state index in [0.717, 1.165) is 11.1 Å². The summed E-state index contributed by atoms with van der Waals surface area (Å²) in [5, 5.41) is 12.0. The van der Waals surface area contributed by atoms with E-state index in [2.05, 4.69) is 6.58 Å². The van der Waals surface area contributed by atoms with E-state index in [1.807, 2.05) is 60.7 Å². The Kier molecular flexibility index (Phi) is 9.19. The summed E-state index contributed by atoms with van der Waals surface area (Å²) in [5.74, 6) is 2.42. The van der Waals surface area contributed by atoms with Gasteiger partial charge in [0.05, 0.1) is 28.4 Å². The molecule has 4 aromatic rings. The maximum Gasteiger partial charge on any atom is 0.203 e. The second kappa shape index (κ2) is 13.0. The monoisotopic (exact) mass is 542 g/mol. The first-order valence-corrected chi connectivity index (χ1v) is 12.7. The highest BCUT2D eigenvalue weighted by Gasteiger charge is 2.33. The molecular formula is C33H34O7. The highest BCUT2D eigenvalue weighted by molar-refractivity contribution is 5.61. The van der Waals surface area contributed by atoms with Crippen molar-refractivity contribution in [3.8, 4) is 34.5 Å². The van der Waals surface area contributed by atoms with E-state index in [1.54, 1.807) is 24.3 Å².